The van der Waals surface area contributed by atoms with E-state index in [1.54, 1.807) is 6.92 Å². The molecule has 0 aliphatic heterocycles. The Morgan fingerprint density at radius 2 is 1.67 bits per heavy atom. The largest absolute Gasteiger partial charge is 0.492 e. The first-order valence-electron chi connectivity index (χ1n) is 8.17. The smallest absolute Gasteiger partial charge is 0.260 e. The zero-order valence-corrected chi connectivity index (χ0v) is 14.8. The van der Waals surface area contributed by atoms with Gasteiger partial charge in [0.1, 0.15) is 18.1 Å². The fourth-order valence-corrected chi connectivity index (χ4v) is 2.17. The van der Waals surface area contributed by atoms with Crippen LogP contribution in [0.2, 0.25) is 0 Å². The Balaban J connectivity index is 1.73. The highest BCUT2D eigenvalue weighted by atomic mass is 16.5. The van der Waals surface area contributed by atoms with Crippen LogP contribution in [0.4, 0.5) is 0 Å². The summed E-state index contributed by atoms with van der Waals surface area (Å²) >= 11 is 0. The Kier molecular flexibility index (Phi) is 6.24. The number of rotatable bonds is 7. The summed E-state index contributed by atoms with van der Waals surface area (Å²) < 4.78 is 11.3. The summed E-state index contributed by atoms with van der Waals surface area (Å²) in [4.78, 5) is 12.1. The number of hydrogen-bond acceptors (Lipinski definition) is 3. The van der Waals surface area contributed by atoms with Crippen LogP contribution in [0.3, 0.4) is 0 Å². The molecule has 1 N–H and O–H groups in total. The fourth-order valence-electron chi connectivity index (χ4n) is 2.17. The molecule has 24 heavy (non-hydrogen) atoms. The van der Waals surface area contributed by atoms with Crippen molar-refractivity contribution in [1.29, 1.82) is 0 Å². The molecule has 0 aliphatic rings. The summed E-state index contributed by atoms with van der Waals surface area (Å²) in [5, 5.41) is 2.82. The monoisotopic (exact) mass is 327 g/mol. The van der Waals surface area contributed by atoms with Crippen LogP contribution in [0.25, 0.3) is 0 Å². The number of carbonyl (C=O) groups excluding carboxylic acids is 1. The molecule has 4 nitrogen and oxygen atoms in total. The predicted molar refractivity (Wildman–Crippen MR) is 95.7 cm³/mol. The van der Waals surface area contributed by atoms with Gasteiger partial charge in [0, 0.05) is 0 Å². The molecule has 2 aromatic rings. The second-order valence-corrected chi connectivity index (χ2v) is 5.96. The molecule has 0 saturated heterocycles. The summed E-state index contributed by atoms with van der Waals surface area (Å²) in [6, 6.07) is 13.6. The lowest BCUT2D eigenvalue weighted by Crippen LogP contribution is -2.38. The van der Waals surface area contributed by atoms with Crippen molar-refractivity contribution in [2.75, 3.05) is 13.2 Å². The Morgan fingerprint density at radius 3 is 2.33 bits per heavy atom. The van der Waals surface area contributed by atoms with E-state index in [1.165, 1.54) is 11.1 Å². The number of aryl methyl sites for hydroxylation is 3. The van der Waals surface area contributed by atoms with Crippen molar-refractivity contribution in [3.63, 3.8) is 0 Å². The molecular formula is C20H25NO3. The second kappa shape index (κ2) is 8.39. The van der Waals surface area contributed by atoms with E-state index in [0.29, 0.717) is 18.9 Å². The third kappa shape index (κ3) is 5.30. The van der Waals surface area contributed by atoms with Crippen LogP contribution in [0.15, 0.2) is 42.5 Å². The van der Waals surface area contributed by atoms with Gasteiger partial charge in [0.2, 0.25) is 0 Å². The molecule has 0 aliphatic carbocycles. The molecule has 0 aromatic heterocycles. The van der Waals surface area contributed by atoms with Crippen LogP contribution in [0, 0.1) is 20.8 Å². The van der Waals surface area contributed by atoms with Crippen molar-refractivity contribution >= 4 is 5.91 Å². The quantitative estimate of drug-likeness (QED) is 0.791. The van der Waals surface area contributed by atoms with Gasteiger partial charge in [-0.25, -0.2) is 0 Å². The molecule has 0 spiro atoms. The summed E-state index contributed by atoms with van der Waals surface area (Å²) in [5.41, 5.74) is 3.53. The number of benzene rings is 2. The maximum absolute atomic E-state index is 12.1. The van der Waals surface area contributed by atoms with Crippen LogP contribution in [-0.4, -0.2) is 25.2 Å². The predicted octanol–water partition coefficient (Wildman–Crippen LogP) is 3.57. The molecule has 4 heteroatoms. The van der Waals surface area contributed by atoms with E-state index >= 15 is 0 Å². The van der Waals surface area contributed by atoms with Gasteiger partial charge in [-0.05, 0) is 63.1 Å². The average Bonchev–Trinajstić information content (AvgIpc) is 2.56. The molecule has 1 amide bonds. The highest BCUT2D eigenvalue weighted by Gasteiger charge is 2.14. The number of amides is 1. The number of hydrogen-bond donors (Lipinski definition) is 1. The van der Waals surface area contributed by atoms with Crippen molar-refractivity contribution in [1.82, 2.24) is 5.32 Å². The SMILES string of the molecule is Cc1ccc(OCCNC(=O)[C@H](C)Oc2ccc(C)c(C)c2)cc1. The van der Waals surface area contributed by atoms with E-state index < -0.39 is 6.10 Å². The third-order valence-corrected chi connectivity index (χ3v) is 3.85. The Hall–Kier alpha value is -2.49. The van der Waals surface area contributed by atoms with Gasteiger partial charge >= 0.3 is 0 Å². The molecule has 1 atom stereocenters. The maximum Gasteiger partial charge on any atom is 0.260 e. The van der Waals surface area contributed by atoms with Gasteiger partial charge in [0.05, 0.1) is 6.54 Å². The zero-order valence-electron chi connectivity index (χ0n) is 14.8. The summed E-state index contributed by atoms with van der Waals surface area (Å²) in [6.07, 6.45) is -0.550. The van der Waals surface area contributed by atoms with Crippen molar-refractivity contribution in [2.45, 2.75) is 33.8 Å². The average molecular weight is 327 g/mol. The van der Waals surface area contributed by atoms with Crippen LogP contribution < -0.4 is 14.8 Å². The van der Waals surface area contributed by atoms with Crippen molar-refractivity contribution in [3.8, 4) is 11.5 Å². The van der Waals surface area contributed by atoms with Crippen LogP contribution in [0.1, 0.15) is 23.6 Å². The lowest BCUT2D eigenvalue weighted by atomic mass is 10.1. The summed E-state index contributed by atoms with van der Waals surface area (Å²) in [7, 11) is 0. The minimum Gasteiger partial charge on any atom is -0.492 e. The van der Waals surface area contributed by atoms with Crippen molar-refractivity contribution < 1.29 is 14.3 Å². The van der Waals surface area contributed by atoms with E-state index in [9.17, 15) is 4.79 Å². The first-order valence-corrected chi connectivity index (χ1v) is 8.17. The molecule has 0 bridgehead atoms. The van der Waals surface area contributed by atoms with Crippen LogP contribution in [-0.2, 0) is 4.79 Å². The Bertz CT molecular complexity index is 680. The molecular weight excluding hydrogens is 302 g/mol. The second-order valence-electron chi connectivity index (χ2n) is 5.96. The van der Waals surface area contributed by atoms with Gasteiger partial charge in [-0.1, -0.05) is 23.8 Å². The van der Waals surface area contributed by atoms with Gasteiger partial charge in [-0.2, -0.15) is 0 Å². The van der Waals surface area contributed by atoms with E-state index in [-0.39, 0.29) is 5.91 Å². The van der Waals surface area contributed by atoms with Crippen molar-refractivity contribution in [3.05, 3.63) is 59.2 Å². The maximum atomic E-state index is 12.1. The molecule has 0 radical (unpaired) electrons. The highest BCUT2D eigenvalue weighted by Crippen LogP contribution is 2.17. The van der Waals surface area contributed by atoms with Crippen LogP contribution >= 0.6 is 0 Å². The molecule has 0 saturated carbocycles. The number of ether oxygens (including phenoxy) is 2. The van der Waals surface area contributed by atoms with E-state index in [2.05, 4.69) is 5.32 Å². The first-order chi connectivity index (χ1) is 11.5. The molecule has 2 rings (SSSR count). The highest BCUT2D eigenvalue weighted by molar-refractivity contribution is 5.80. The normalized spacial score (nSPS) is 11.7. The molecule has 0 heterocycles. The minimum atomic E-state index is -0.550. The minimum absolute atomic E-state index is 0.152. The molecule has 0 unspecified atom stereocenters. The number of carbonyl (C=O) groups is 1. The summed E-state index contributed by atoms with van der Waals surface area (Å²) in [5.74, 6) is 1.35. The van der Waals surface area contributed by atoms with Gasteiger partial charge in [-0.3, -0.25) is 4.79 Å². The molecule has 0 fully saturated rings. The molecule has 2 aromatic carbocycles. The summed E-state index contributed by atoms with van der Waals surface area (Å²) in [6.45, 7) is 8.70. The van der Waals surface area contributed by atoms with Gasteiger partial charge < -0.3 is 14.8 Å². The van der Waals surface area contributed by atoms with Crippen LogP contribution in [0.5, 0.6) is 11.5 Å². The topological polar surface area (TPSA) is 47.6 Å². The van der Waals surface area contributed by atoms with Gasteiger partial charge in [0.15, 0.2) is 6.10 Å². The third-order valence-electron chi connectivity index (χ3n) is 3.85. The van der Waals surface area contributed by atoms with E-state index in [0.717, 1.165) is 11.3 Å². The standard InChI is InChI=1S/C20H25NO3/c1-14-5-8-18(9-6-14)23-12-11-21-20(22)17(4)24-19-10-7-15(2)16(3)13-19/h5-10,13,17H,11-12H2,1-4H3,(H,21,22)/t17-/m0/s1. The number of nitrogens with one attached hydrogen (secondary N) is 1. The lowest BCUT2D eigenvalue weighted by Gasteiger charge is -2.15. The lowest BCUT2D eigenvalue weighted by molar-refractivity contribution is -0.127. The Labute approximate surface area is 143 Å². The van der Waals surface area contributed by atoms with Crippen molar-refractivity contribution in [2.24, 2.45) is 0 Å². The van der Waals surface area contributed by atoms with Gasteiger partial charge in [0.25, 0.3) is 5.91 Å². The van der Waals surface area contributed by atoms with Gasteiger partial charge in [-0.15, -0.1) is 0 Å². The first kappa shape index (κ1) is 17.9. The molecule has 128 valence electrons. The van der Waals surface area contributed by atoms with E-state index in [1.807, 2.05) is 63.2 Å². The zero-order chi connectivity index (χ0) is 17.5. The Morgan fingerprint density at radius 1 is 1.00 bits per heavy atom. The van der Waals surface area contributed by atoms with E-state index in [4.69, 9.17) is 9.47 Å². The fraction of sp³-hybridized carbons (Fsp3) is 0.350.